The van der Waals surface area contributed by atoms with E-state index in [1.54, 1.807) is 18.2 Å². The van der Waals surface area contributed by atoms with Gasteiger partial charge in [-0.2, -0.15) is 18.3 Å². The lowest BCUT2D eigenvalue weighted by Crippen LogP contribution is -2.39. The second-order valence-electron chi connectivity index (χ2n) is 8.92. The largest absolute Gasteiger partial charge is 0.417 e. The van der Waals surface area contributed by atoms with Crippen LogP contribution in [0.25, 0.3) is 5.69 Å². The Bertz CT molecular complexity index is 1710. The third-order valence-electron chi connectivity index (χ3n) is 6.11. The summed E-state index contributed by atoms with van der Waals surface area (Å²) in [6.45, 7) is 2.90. The number of aryl methyl sites for hydroxylation is 1. The fourth-order valence-electron chi connectivity index (χ4n) is 4.17. The van der Waals surface area contributed by atoms with Crippen molar-refractivity contribution >= 4 is 51.0 Å². The molecule has 214 valence electrons. The van der Waals surface area contributed by atoms with Gasteiger partial charge in [0, 0.05) is 27.7 Å². The SMILES string of the molecule is Cc1cc(/C=N\NC(=O)CN(c2ccc(Cl)c(C(F)(F)F)c2)S(=O)(=O)c2ccccc2)c(C)n1-c1ccc(Cl)cc1. The van der Waals surface area contributed by atoms with Crippen LogP contribution in [0.1, 0.15) is 22.5 Å². The quantitative estimate of drug-likeness (QED) is 0.174. The van der Waals surface area contributed by atoms with E-state index in [1.807, 2.05) is 36.6 Å². The van der Waals surface area contributed by atoms with Crippen LogP contribution in [0.2, 0.25) is 10.0 Å². The van der Waals surface area contributed by atoms with Crippen molar-refractivity contribution < 1.29 is 26.4 Å². The van der Waals surface area contributed by atoms with E-state index in [4.69, 9.17) is 23.2 Å². The first-order valence-electron chi connectivity index (χ1n) is 12.0. The number of nitrogens with zero attached hydrogens (tertiary/aromatic N) is 3. The zero-order valence-electron chi connectivity index (χ0n) is 21.7. The Hall–Kier alpha value is -3.80. The van der Waals surface area contributed by atoms with E-state index < -0.39 is 44.9 Å². The zero-order valence-corrected chi connectivity index (χ0v) is 24.0. The van der Waals surface area contributed by atoms with Crippen LogP contribution in [0.4, 0.5) is 18.9 Å². The summed E-state index contributed by atoms with van der Waals surface area (Å²) in [6, 6.07) is 18.7. The maximum atomic E-state index is 13.5. The number of aromatic nitrogens is 1. The van der Waals surface area contributed by atoms with Gasteiger partial charge in [0.15, 0.2) is 0 Å². The van der Waals surface area contributed by atoms with Gasteiger partial charge in [-0.05, 0) is 74.5 Å². The van der Waals surface area contributed by atoms with Crippen LogP contribution in [0.15, 0.2) is 88.9 Å². The minimum atomic E-state index is -4.85. The Kier molecular flexibility index (Phi) is 8.81. The number of rotatable bonds is 8. The second kappa shape index (κ2) is 12.0. The van der Waals surface area contributed by atoms with Gasteiger partial charge in [-0.1, -0.05) is 41.4 Å². The van der Waals surface area contributed by atoms with Gasteiger partial charge in [-0.25, -0.2) is 13.8 Å². The van der Waals surface area contributed by atoms with Gasteiger partial charge in [0.05, 0.1) is 27.4 Å². The Labute approximate surface area is 244 Å². The molecule has 0 unspecified atom stereocenters. The standard InChI is InChI=1S/C28H23Cl2F3N4O3S/c1-18-14-20(19(2)37(18)22-10-8-21(29)9-11-22)16-34-35-27(38)17-36(41(39,40)24-6-4-3-5-7-24)23-12-13-26(30)25(15-23)28(31,32)33/h3-16H,17H2,1-2H3,(H,35,38)/b34-16-. The number of carbonyl (C=O) groups excluding carboxylic acids is 1. The minimum Gasteiger partial charge on any atom is -0.318 e. The van der Waals surface area contributed by atoms with E-state index in [0.717, 1.165) is 29.2 Å². The molecule has 0 saturated carbocycles. The number of carbonyl (C=O) groups is 1. The van der Waals surface area contributed by atoms with Crippen molar-refractivity contribution in [3.63, 3.8) is 0 Å². The molecule has 4 rings (SSSR count). The highest BCUT2D eigenvalue weighted by Crippen LogP contribution is 2.38. The third-order valence-corrected chi connectivity index (χ3v) is 8.48. The van der Waals surface area contributed by atoms with E-state index in [-0.39, 0.29) is 4.90 Å². The molecule has 1 aromatic heterocycles. The first-order chi connectivity index (χ1) is 19.3. The van der Waals surface area contributed by atoms with Crippen LogP contribution < -0.4 is 9.73 Å². The number of hydrogen-bond donors (Lipinski definition) is 1. The van der Waals surface area contributed by atoms with Gasteiger partial charge in [0.25, 0.3) is 15.9 Å². The first kappa shape index (κ1) is 30.2. The number of benzene rings is 3. The summed E-state index contributed by atoms with van der Waals surface area (Å²) in [7, 11) is -4.45. The normalized spacial score (nSPS) is 12.1. The van der Waals surface area contributed by atoms with Crippen LogP contribution in [0.3, 0.4) is 0 Å². The van der Waals surface area contributed by atoms with Crippen molar-refractivity contribution in [1.29, 1.82) is 0 Å². The highest BCUT2D eigenvalue weighted by molar-refractivity contribution is 7.92. The topological polar surface area (TPSA) is 83.8 Å². The van der Waals surface area contributed by atoms with E-state index in [9.17, 15) is 26.4 Å². The summed E-state index contributed by atoms with van der Waals surface area (Å²) in [5.41, 5.74) is 3.89. The highest BCUT2D eigenvalue weighted by atomic mass is 35.5. The Balaban J connectivity index is 1.61. The fraction of sp³-hybridized carbons (Fsp3) is 0.143. The smallest absolute Gasteiger partial charge is 0.318 e. The molecule has 0 fully saturated rings. The average molecular weight is 623 g/mol. The molecule has 1 N–H and O–H groups in total. The molecule has 13 heteroatoms. The lowest BCUT2D eigenvalue weighted by molar-refractivity contribution is -0.137. The van der Waals surface area contributed by atoms with Gasteiger partial charge in [-0.15, -0.1) is 0 Å². The number of halogens is 5. The van der Waals surface area contributed by atoms with Crippen molar-refractivity contribution in [2.75, 3.05) is 10.8 Å². The van der Waals surface area contributed by atoms with Gasteiger partial charge in [0.2, 0.25) is 0 Å². The molecule has 3 aromatic carbocycles. The highest BCUT2D eigenvalue weighted by Gasteiger charge is 2.35. The number of alkyl halides is 3. The maximum absolute atomic E-state index is 13.5. The second-order valence-corrected chi connectivity index (χ2v) is 11.6. The van der Waals surface area contributed by atoms with Crippen LogP contribution >= 0.6 is 23.2 Å². The molecule has 1 heterocycles. The average Bonchev–Trinajstić information content (AvgIpc) is 3.20. The van der Waals surface area contributed by atoms with Gasteiger partial charge < -0.3 is 4.57 Å². The zero-order chi connectivity index (χ0) is 29.9. The molecule has 0 saturated heterocycles. The molecule has 4 aromatic rings. The molecule has 0 aliphatic heterocycles. The molecule has 0 aliphatic carbocycles. The van der Waals surface area contributed by atoms with Crippen LogP contribution in [0, 0.1) is 13.8 Å². The van der Waals surface area contributed by atoms with Crippen molar-refractivity contribution in [1.82, 2.24) is 9.99 Å². The Morgan fingerprint density at radius 3 is 2.29 bits per heavy atom. The minimum absolute atomic E-state index is 0.213. The predicted molar refractivity (Wildman–Crippen MR) is 153 cm³/mol. The summed E-state index contributed by atoms with van der Waals surface area (Å²) >= 11 is 11.7. The molecule has 41 heavy (non-hydrogen) atoms. The van der Waals surface area contributed by atoms with Crippen molar-refractivity contribution in [3.8, 4) is 5.69 Å². The van der Waals surface area contributed by atoms with E-state index in [2.05, 4.69) is 10.5 Å². The number of anilines is 1. The van der Waals surface area contributed by atoms with Gasteiger partial charge in [-0.3, -0.25) is 9.10 Å². The van der Waals surface area contributed by atoms with Crippen molar-refractivity contribution in [2.24, 2.45) is 5.10 Å². The fourth-order valence-corrected chi connectivity index (χ4v) is 5.95. The number of hydrogen-bond acceptors (Lipinski definition) is 4. The Morgan fingerprint density at radius 1 is 1.00 bits per heavy atom. The number of nitrogens with one attached hydrogen (secondary N) is 1. The van der Waals surface area contributed by atoms with Crippen LogP contribution in [-0.4, -0.2) is 31.7 Å². The number of sulfonamides is 1. The van der Waals surface area contributed by atoms with Crippen molar-refractivity contribution in [2.45, 2.75) is 24.9 Å². The summed E-state index contributed by atoms with van der Waals surface area (Å²) in [4.78, 5) is 12.6. The summed E-state index contributed by atoms with van der Waals surface area (Å²) in [5, 5.41) is 3.94. The van der Waals surface area contributed by atoms with Gasteiger partial charge >= 0.3 is 6.18 Å². The molecular weight excluding hydrogens is 600 g/mol. The molecule has 0 atom stereocenters. The Morgan fingerprint density at radius 2 is 1.66 bits per heavy atom. The van der Waals surface area contributed by atoms with Gasteiger partial charge in [0.1, 0.15) is 6.54 Å². The molecule has 7 nitrogen and oxygen atoms in total. The predicted octanol–water partition coefficient (Wildman–Crippen LogP) is 6.77. The number of hydrazone groups is 1. The first-order valence-corrected chi connectivity index (χ1v) is 14.2. The molecule has 0 spiro atoms. The molecule has 0 aliphatic rings. The van der Waals surface area contributed by atoms with E-state index in [0.29, 0.717) is 21.0 Å². The lowest BCUT2D eigenvalue weighted by atomic mass is 10.2. The lowest BCUT2D eigenvalue weighted by Gasteiger charge is -2.24. The monoisotopic (exact) mass is 622 g/mol. The van der Waals surface area contributed by atoms with Crippen LogP contribution in [0.5, 0.6) is 0 Å². The number of amides is 1. The van der Waals surface area contributed by atoms with Crippen molar-refractivity contribution in [3.05, 3.63) is 111 Å². The molecule has 1 amide bonds. The molecule has 0 bridgehead atoms. The summed E-state index contributed by atoms with van der Waals surface area (Å²) in [6.07, 6.45) is -3.45. The van der Waals surface area contributed by atoms with E-state index in [1.165, 1.54) is 30.5 Å². The summed E-state index contributed by atoms with van der Waals surface area (Å²) < 4.78 is 70.0. The molecule has 0 radical (unpaired) electrons. The summed E-state index contributed by atoms with van der Waals surface area (Å²) in [5.74, 6) is -0.879. The maximum Gasteiger partial charge on any atom is 0.417 e. The van der Waals surface area contributed by atoms with Crippen LogP contribution in [-0.2, 0) is 21.0 Å². The van der Waals surface area contributed by atoms with E-state index >= 15 is 0 Å². The third kappa shape index (κ3) is 6.75. The molecular formula is C28H23Cl2F3N4O3S.